The first-order valence-electron chi connectivity index (χ1n) is 11.6. The Morgan fingerprint density at radius 3 is 2.19 bits per heavy atom. The smallest absolute Gasteiger partial charge is 0.253 e. The van der Waals surface area contributed by atoms with Crippen molar-refractivity contribution in [2.75, 3.05) is 26.2 Å². The topological polar surface area (TPSA) is 83.5 Å². The van der Waals surface area contributed by atoms with E-state index >= 15 is 0 Å². The van der Waals surface area contributed by atoms with Crippen molar-refractivity contribution in [3.63, 3.8) is 0 Å². The summed E-state index contributed by atoms with van der Waals surface area (Å²) in [7, 11) is -3.65. The van der Waals surface area contributed by atoms with Gasteiger partial charge in [0.15, 0.2) is 0 Å². The second-order valence-corrected chi connectivity index (χ2v) is 11.7. The maximum atomic E-state index is 13.3. The van der Waals surface area contributed by atoms with Crippen LogP contribution in [0.3, 0.4) is 0 Å². The van der Waals surface area contributed by atoms with Crippen molar-refractivity contribution < 1.29 is 13.2 Å². The van der Waals surface area contributed by atoms with Gasteiger partial charge >= 0.3 is 0 Å². The largest absolute Gasteiger partial charge is 0.336 e. The standard InChI is InChI=1S/C27H25BrN4O3S/c1-18-15-26(30-19(2)29-18)20-3-5-21(6-4-20)27(33)31-11-13-32(14-12-31)36(34,35)25-10-8-22-16-24(28)9-7-23(22)17-25/h3-10,15-17H,11-14H2,1-2H3. The first-order valence-corrected chi connectivity index (χ1v) is 13.9. The van der Waals surface area contributed by atoms with Crippen LogP contribution in [-0.2, 0) is 10.0 Å². The number of fused-ring (bicyclic) bond motifs is 1. The highest BCUT2D eigenvalue weighted by Gasteiger charge is 2.30. The molecule has 9 heteroatoms. The summed E-state index contributed by atoms with van der Waals surface area (Å²) in [4.78, 5) is 23.8. The Morgan fingerprint density at radius 2 is 1.50 bits per heavy atom. The second kappa shape index (κ2) is 9.72. The molecule has 1 fully saturated rings. The fourth-order valence-corrected chi connectivity index (χ4v) is 6.30. The average molecular weight is 565 g/mol. The minimum Gasteiger partial charge on any atom is -0.336 e. The van der Waals surface area contributed by atoms with Crippen molar-refractivity contribution in [1.29, 1.82) is 0 Å². The molecule has 1 amide bonds. The molecule has 184 valence electrons. The fraction of sp³-hybridized carbons (Fsp3) is 0.222. The van der Waals surface area contributed by atoms with Gasteiger partial charge < -0.3 is 4.90 Å². The van der Waals surface area contributed by atoms with E-state index in [-0.39, 0.29) is 23.9 Å². The maximum absolute atomic E-state index is 13.3. The number of rotatable bonds is 4. The number of carbonyl (C=O) groups excluding carboxylic acids is 1. The predicted octanol–water partition coefficient (Wildman–Crippen LogP) is 4.82. The molecule has 0 N–H and O–H groups in total. The number of amides is 1. The summed E-state index contributed by atoms with van der Waals surface area (Å²) in [6.07, 6.45) is 0. The van der Waals surface area contributed by atoms with Gasteiger partial charge in [0.25, 0.3) is 5.91 Å². The molecule has 1 saturated heterocycles. The average Bonchev–Trinajstić information content (AvgIpc) is 2.87. The summed E-state index contributed by atoms with van der Waals surface area (Å²) in [5.74, 6) is 0.597. The van der Waals surface area contributed by atoms with E-state index in [0.717, 1.165) is 32.2 Å². The van der Waals surface area contributed by atoms with Crippen LogP contribution < -0.4 is 0 Å². The maximum Gasteiger partial charge on any atom is 0.253 e. The van der Waals surface area contributed by atoms with E-state index in [2.05, 4.69) is 25.9 Å². The van der Waals surface area contributed by atoms with Gasteiger partial charge in [-0.3, -0.25) is 4.79 Å². The van der Waals surface area contributed by atoms with Gasteiger partial charge in [0.1, 0.15) is 5.82 Å². The molecule has 1 aliphatic heterocycles. The Hall–Kier alpha value is -3.14. The zero-order valence-electron chi connectivity index (χ0n) is 20.0. The summed E-state index contributed by atoms with van der Waals surface area (Å²) in [6, 6.07) is 20.2. The number of aromatic nitrogens is 2. The van der Waals surface area contributed by atoms with Gasteiger partial charge in [-0.15, -0.1) is 0 Å². The highest BCUT2D eigenvalue weighted by atomic mass is 79.9. The summed E-state index contributed by atoms with van der Waals surface area (Å²) in [5, 5.41) is 1.83. The number of hydrogen-bond donors (Lipinski definition) is 0. The molecule has 36 heavy (non-hydrogen) atoms. The molecule has 1 aromatic heterocycles. The lowest BCUT2D eigenvalue weighted by molar-refractivity contribution is 0.0698. The number of nitrogens with zero attached hydrogens (tertiary/aromatic N) is 4. The Bertz CT molecular complexity index is 1540. The number of benzene rings is 3. The van der Waals surface area contributed by atoms with Crippen LogP contribution in [-0.4, -0.2) is 59.7 Å². The van der Waals surface area contributed by atoms with Crippen LogP contribution in [0.4, 0.5) is 0 Å². The zero-order valence-corrected chi connectivity index (χ0v) is 22.4. The van der Waals surface area contributed by atoms with Crippen LogP contribution in [0.15, 0.2) is 76.1 Å². The van der Waals surface area contributed by atoms with E-state index in [0.29, 0.717) is 24.5 Å². The molecule has 3 aromatic carbocycles. The minimum atomic E-state index is -3.65. The normalized spacial score (nSPS) is 14.8. The minimum absolute atomic E-state index is 0.107. The SMILES string of the molecule is Cc1cc(-c2ccc(C(=O)N3CCN(S(=O)(=O)c4ccc5cc(Br)ccc5c4)CC3)cc2)nc(C)n1. The molecule has 0 unspecified atom stereocenters. The molecular formula is C27H25BrN4O3S. The van der Waals surface area contributed by atoms with Gasteiger partial charge in [0.2, 0.25) is 10.0 Å². The molecule has 0 atom stereocenters. The third-order valence-corrected chi connectivity index (χ3v) is 8.72. The van der Waals surface area contributed by atoms with E-state index in [1.54, 1.807) is 29.2 Å². The highest BCUT2D eigenvalue weighted by molar-refractivity contribution is 9.10. The monoisotopic (exact) mass is 564 g/mol. The number of carbonyl (C=O) groups is 1. The first kappa shape index (κ1) is 24.5. The van der Waals surface area contributed by atoms with Gasteiger partial charge in [-0.25, -0.2) is 18.4 Å². The summed E-state index contributed by atoms with van der Waals surface area (Å²) in [5.41, 5.74) is 3.19. The molecule has 0 bridgehead atoms. The van der Waals surface area contributed by atoms with Crippen LogP contribution in [0, 0.1) is 13.8 Å². The Kier molecular flexibility index (Phi) is 6.63. The second-order valence-electron chi connectivity index (χ2n) is 8.87. The number of halogens is 1. The van der Waals surface area contributed by atoms with Gasteiger partial charge in [-0.2, -0.15) is 4.31 Å². The van der Waals surface area contributed by atoms with Crippen LogP contribution in [0.25, 0.3) is 22.0 Å². The van der Waals surface area contributed by atoms with Crippen molar-refractivity contribution in [2.45, 2.75) is 18.7 Å². The Morgan fingerprint density at radius 1 is 0.833 bits per heavy atom. The fourth-order valence-electron chi connectivity index (χ4n) is 4.47. The van der Waals surface area contributed by atoms with Gasteiger partial charge in [0.05, 0.1) is 10.6 Å². The third-order valence-electron chi connectivity index (χ3n) is 6.33. The third kappa shape index (κ3) is 4.91. The number of sulfonamides is 1. The number of piperazine rings is 1. The Balaban J connectivity index is 1.27. The lowest BCUT2D eigenvalue weighted by Crippen LogP contribution is -2.50. The van der Waals surface area contributed by atoms with E-state index in [1.807, 2.05) is 56.3 Å². The molecule has 0 saturated carbocycles. The van der Waals surface area contributed by atoms with E-state index in [9.17, 15) is 13.2 Å². The molecule has 0 aliphatic carbocycles. The van der Waals surface area contributed by atoms with E-state index < -0.39 is 10.0 Å². The lowest BCUT2D eigenvalue weighted by Gasteiger charge is -2.34. The van der Waals surface area contributed by atoms with Crippen molar-refractivity contribution in [2.24, 2.45) is 0 Å². The van der Waals surface area contributed by atoms with Gasteiger partial charge in [0, 0.05) is 47.5 Å². The molecular weight excluding hydrogens is 540 g/mol. The number of hydrogen-bond acceptors (Lipinski definition) is 5. The van der Waals surface area contributed by atoms with E-state index in [4.69, 9.17) is 0 Å². The Labute approximate surface area is 219 Å². The van der Waals surface area contributed by atoms with Crippen LogP contribution in [0.5, 0.6) is 0 Å². The lowest BCUT2D eigenvalue weighted by atomic mass is 10.1. The summed E-state index contributed by atoms with van der Waals surface area (Å²) in [6.45, 7) is 4.96. The number of aryl methyl sites for hydroxylation is 2. The van der Waals surface area contributed by atoms with Crippen LogP contribution in [0.1, 0.15) is 21.9 Å². The summed E-state index contributed by atoms with van der Waals surface area (Å²) >= 11 is 3.44. The molecule has 2 heterocycles. The highest BCUT2D eigenvalue weighted by Crippen LogP contribution is 2.26. The molecule has 7 nitrogen and oxygen atoms in total. The predicted molar refractivity (Wildman–Crippen MR) is 143 cm³/mol. The van der Waals surface area contributed by atoms with Gasteiger partial charge in [-0.1, -0.05) is 40.2 Å². The molecule has 0 spiro atoms. The van der Waals surface area contributed by atoms with E-state index in [1.165, 1.54) is 4.31 Å². The first-order chi connectivity index (χ1) is 17.2. The van der Waals surface area contributed by atoms with Crippen molar-refractivity contribution in [1.82, 2.24) is 19.2 Å². The molecule has 5 rings (SSSR count). The van der Waals surface area contributed by atoms with Crippen molar-refractivity contribution >= 4 is 42.6 Å². The van der Waals surface area contributed by atoms with Crippen molar-refractivity contribution in [3.05, 3.63) is 88.3 Å². The molecule has 0 radical (unpaired) electrons. The quantitative estimate of drug-likeness (QED) is 0.354. The van der Waals surface area contributed by atoms with Crippen LogP contribution >= 0.6 is 15.9 Å². The summed E-state index contributed by atoms with van der Waals surface area (Å²) < 4.78 is 28.9. The molecule has 1 aliphatic rings. The zero-order chi connectivity index (χ0) is 25.4. The van der Waals surface area contributed by atoms with Crippen LogP contribution in [0.2, 0.25) is 0 Å². The van der Waals surface area contributed by atoms with Crippen molar-refractivity contribution in [3.8, 4) is 11.3 Å². The van der Waals surface area contributed by atoms with Gasteiger partial charge in [-0.05, 0) is 67.1 Å². The molecule has 4 aromatic rings.